The van der Waals surface area contributed by atoms with Crippen molar-refractivity contribution in [1.82, 2.24) is 9.78 Å². The zero-order chi connectivity index (χ0) is 23.3. The van der Waals surface area contributed by atoms with E-state index in [0.29, 0.717) is 34.8 Å². The zero-order valence-corrected chi connectivity index (χ0v) is 19.5. The van der Waals surface area contributed by atoms with Crippen LogP contribution < -0.4 is 10.6 Å². The molecule has 33 heavy (non-hydrogen) atoms. The van der Waals surface area contributed by atoms with Crippen LogP contribution in [0.1, 0.15) is 54.2 Å². The summed E-state index contributed by atoms with van der Waals surface area (Å²) in [4.78, 5) is 26.5. The number of anilines is 2. The summed E-state index contributed by atoms with van der Waals surface area (Å²) in [5.74, 6) is 0.412. The standard InChI is InChI=1S/C26H25ClN4O2/c1-15-7-4-5-10-19(15)30-25(33)18-14-28-31-23(16-8-6-9-17(27)11-16)22-20(29-24(18)31)12-26(2,3)13-21(22)32/h4-11,14,23,29H,12-13H2,1-3H3,(H,30,33). The number of allylic oxidation sites excluding steroid dienone is 2. The van der Waals surface area contributed by atoms with Gasteiger partial charge in [0.1, 0.15) is 17.4 Å². The molecule has 3 aromatic rings. The summed E-state index contributed by atoms with van der Waals surface area (Å²) in [6.07, 6.45) is 2.72. The number of halogens is 1. The lowest BCUT2D eigenvalue weighted by Gasteiger charge is -2.39. The van der Waals surface area contributed by atoms with Crippen LogP contribution in [-0.4, -0.2) is 21.5 Å². The Morgan fingerprint density at radius 1 is 1.18 bits per heavy atom. The van der Waals surface area contributed by atoms with Crippen LogP contribution in [0.2, 0.25) is 5.02 Å². The zero-order valence-electron chi connectivity index (χ0n) is 18.8. The summed E-state index contributed by atoms with van der Waals surface area (Å²) in [5.41, 5.74) is 4.37. The Hall–Kier alpha value is -3.38. The number of carbonyl (C=O) groups is 2. The lowest BCUT2D eigenvalue weighted by atomic mass is 9.73. The smallest absolute Gasteiger partial charge is 0.261 e. The molecule has 2 aliphatic rings. The van der Waals surface area contributed by atoms with Gasteiger partial charge < -0.3 is 10.6 Å². The van der Waals surface area contributed by atoms with Gasteiger partial charge in [0.25, 0.3) is 5.91 Å². The van der Waals surface area contributed by atoms with Crippen LogP contribution in [0.25, 0.3) is 0 Å². The molecular weight excluding hydrogens is 436 g/mol. The minimum absolute atomic E-state index is 0.0887. The van der Waals surface area contributed by atoms with Crippen LogP contribution in [-0.2, 0) is 4.79 Å². The van der Waals surface area contributed by atoms with Crippen molar-refractivity contribution in [1.29, 1.82) is 0 Å². The molecule has 168 valence electrons. The average Bonchev–Trinajstić information content (AvgIpc) is 3.16. The number of ketones is 1. The van der Waals surface area contributed by atoms with Gasteiger partial charge in [0.05, 0.1) is 6.20 Å². The van der Waals surface area contributed by atoms with Crippen molar-refractivity contribution in [3.05, 3.63) is 87.7 Å². The molecule has 1 atom stereocenters. The second kappa shape index (κ2) is 7.89. The molecule has 2 heterocycles. The number of carbonyl (C=O) groups excluding carboxylic acids is 2. The number of hydrogen-bond donors (Lipinski definition) is 2. The van der Waals surface area contributed by atoms with Gasteiger partial charge in [-0.05, 0) is 48.1 Å². The quantitative estimate of drug-likeness (QED) is 0.521. The van der Waals surface area contributed by atoms with E-state index in [-0.39, 0.29) is 17.1 Å². The molecule has 0 radical (unpaired) electrons. The number of aryl methyl sites for hydroxylation is 1. The lowest BCUT2D eigenvalue weighted by molar-refractivity contribution is -0.118. The van der Waals surface area contributed by atoms with Gasteiger partial charge in [0.15, 0.2) is 5.78 Å². The molecule has 1 amide bonds. The predicted molar refractivity (Wildman–Crippen MR) is 130 cm³/mol. The van der Waals surface area contributed by atoms with Crippen molar-refractivity contribution in [2.45, 2.75) is 39.7 Å². The second-order valence-electron chi connectivity index (χ2n) is 9.54. The summed E-state index contributed by atoms with van der Waals surface area (Å²) in [6, 6.07) is 14.7. The van der Waals surface area contributed by atoms with E-state index in [2.05, 4.69) is 29.6 Å². The Morgan fingerprint density at radius 3 is 2.73 bits per heavy atom. The number of aromatic nitrogens is 2. The van der Waals surface area contributed by atoms with Gasteiger partial charge in [-0.2, -0.15) is 5.10 Å². The fourth-order valence-corrected chi connectivity index (χ4v) is 4.96. The molecule has 1 unspecified atom stereocenters. The van der Waals surface area contributed by atoms with Crippen molar-refractivity contribution >= 4 is 34.8 Å². The third-order valence-corrected chi connectivity index (χ3v) is 6.54. The number of amides is 1. The summed E-state index contributed by atoms with van der Waals surface area (Å²) >= 11 is 6.30. The van der Waals surface area contributed by atoms with Crippen LogP contribution in [0.3, 0.4) is 0 Å². The van der Waals surface area contributed by atoms with E-state index in [1.54, 1.807) is 16.9 Å². The van der Waals surface area contributed by atoms with E-state index in [1.165, 1.54) is 0 Å². The SMILES string of the molecule is Cc1ccccc1NC(=O)c1cnn2c1NC1=C(C(=O)CC(C)(C)C1)C2c1cccc(Cl)c1. The summed E-state index contributed by atoms with van der Waals surface area (Å²) in [5, 5.41) is 11.5. The number of para-hydroxylation sites is 1. The number of nitrogens with one attached hydrogen (secondary N) is 2. The van der Waals surface area contributed by atoms with E-state index in [0.717, 1.165) is 22.5 Å². The maximum atomic E-state index is 13.3. The summed E-state index contributed by atoms with van der Waals surface area (Å²) in [6.45, 7) is 6.12. The maximum Gasteiger partial charge on any atom is 0.261 e. The highest BCUT2D eigenvalue weighted by Crippen LogP contribution is 2.46. The molecule has 0 fully saturated rings. The molecule has 1 aliphatic carbocycles. The van der Waals surface area contributed by atoms with Gasteiger partial charge in [-0.1, -0.05) is 55.8 Å². The first-order chi connectivity index (χ1) is 15.7. The van der Waals surface area contributed by atoms with Gasteiger partial charge in [-0.25, -0.2) is 4.68 Å². The fourth-order valence-electron chi connectivity index (χ4n) is 4.76. The first-order valence-electron chi connectivity index (χ1n) is 11.0. The first-order valence-corrected chi connectivity index (χ1v) is 11.3. The van der Waals surface area contributed by atoms with Gasteiger partial charge in [-0.3, -0.25) is 9.59 Å². The molecule has 1 aromatic heterocycles. The number of rotatable bonds is 3. The summed E-state index contributed by atoms with van der Waals surface area (Å²) in [7, 11) is 0. The van der Waals surface area contributed by atoms with Gasteiger partial charge in [0.2, 0.25) is 0 Å². The highest BCUT2D eigenvalue weighted by atomic mass is 35.5. The Kier molecular flexibility index (Phi) is 5.13. The second-order valence-corrected chi connectivity index (χ2v) is 9.97. The Labute approximate surface area is 197 Å². The lowest BCUT2D eigenvalue weighted by Crippen LogP contribution is -2.37. The van der Waals surface area contributed by atoms with E-state index in [9.17, 15) is 9.59 Å². The minimum Gasteiger partial charge on any atom is -0.343 e. The van der Waals surface area contributed by atoms with E-state index in [4.69, 9.17) is 11.6 Å². The fraction of sp³-hybridized carbons (Fsp3) is 0.269. The molecular formula is C26H25ClN4O2. The molecule has 0 saturated carbocycles. The molecule has 0 bridgehead atoms. The number of benzene rings is 2. The van der Waals surface area contributed by atoms with E-state index in [1.807, 2.05) is 49.4 Å². The number of hydrogen-bond acceptors (Lipinski definition) is 4. The number of nitrogens with zero attached hydrogens (tertiary/aromatic N) is 2. The van der Waals surface area contributed by atoms with Crippen LogP contribution >= 0.6 is 11.6 Å². The number of fused-ring (bicyclic) bond motifs is 1. The normalized spacial score (nSPS) is 18.9. The van der Waals surface area contributed by atoms with Crippen molar-refractivity contribution in [2.75, 3.05) is 10.6 Å². The molecule has 2 N–H and O–H groups in total. The minimum atomic E-state index is -0.446. The largest absolute Gasteiger partial charge is 0.343 e. The molecule has 1 aliphatic heterocycles. The molecule has 0 spiro atoms. The first kappa shape index (κ1) is 21.5. The highest BCUT2D eigenvalue weighted by Gasteiger charge is 2.42. The molecule has 0 saturated heterocycles. The monoisotopic (exact) mass is 460 g/mol. The van der Waals surface area contributed by atoms with Crippen LogP contribution in [0, 0.1) is 12.3 Å². The molecule has 6 nitrogen and oxygen atoms in total. The van der Waals surface area contributed by atoms with Gasteiger partial charge in [-0.15, -0.1) is 0 Å². The van der Waals surface area contributed by atoms with Gasteiger partial charge in [0, 0.05) is 28.4 Å². The van der Waals surface area contributed by atoms with E-state index < -0.39 is 6.04 Å². The molecule has 2 aromatic carbocycles. The highest BCUT2D eigenvalue weighted by molar-refractivity contribution is 6.30. The van der Waals surface area contributed by atoms with Crippen LogP contribution in [0.5, 0.6) is 0 Å². The van der Waals surface area contributed by atoms with Crippen molar-refractivity contribution < 1.29 is 9.59 Å². The summed E-state index contributed by atoms with van der Waals surface area (Å²) < 4.78 is 1.73. The van der Waals surface area contributed by atoms with Crippen molar-refractivity contribution in [3.8, 4) is 0 Å². The average molecular weight is 461 g/mol. The third kappa shape index (κ3) is 3.85. The van der Waals surface area contributed by atoms with E-state index >= 15 is 0 Å². The van der Waals surface area contributed by atoms with Crippen molar-refractivity contribution in [3.63, 3.8) is 0 Å². The molecule has 5 rings (SSSR count). The maximum absolute atomic E-state index is 13.3. The number of Topliss-reactive ketones (excluding diaryl/α,β-unsaturated/α-hetero) is 1. The van der Waals surface area contributed by atoms with Crippen LogP contribution in [0.15, 0.2) is 66.0 Å². The Balaban J connectivity index is 1.61. The van der Waals surface area contributed by atoms with Crippen molar-refractivity contribution in [2.24, 2.45) is 5.41 Å². The predicted octanol–water partition coefficient (Wildman–Crippen LogP) is 5.76. The van der Waals surface area contributed by atoms with Gasteiger partial charge >= 0.3 is 0 Å². The topological polar surface area (TPSA) is 76.0 Å². The Bertz CT molecular complexity index is 1320. The van der Waals surface area contributed by atoms with Crippen LogP contribution in [0.4, 0.5) is 11.5 Å². The molecule has 7 heteroatoms. The Morgan fingerprint density at radius 2 is 1.97 bits per heavy atom. The third-order valence-electron chi connectivity index (χ3n) is 6.31.